The molecule has 2 aromatic carbocycles. The number of aromatic nitrogens is 2. The largest absolute Gasteiger partial charge is 0.417 e. The first kappa shape index (κ1) is 16.8. The van der Waals surface area contributed by atoms with Gasteiger partial charge in [0, 0.05) is 18.8 Å². The van der Waals surface area contributed by atoms with Gasteiger partial charge in [0.25, 0.3) is 0 Å². The zero-order valence-corrected chi connectivity index (χ0v) is 13.4. The molecular weight excluding hydrogens is 329 g/mol. The molecule has 1 aromatic heterocycles. The topological polar surface area (TPSA) is 53.6 Å². The third-order valence-corrected chi connectivity index (χ3v) is 3.96. The number of benzene rings is 2. The van der Waals surface area contributed by atoms with Crippen LogP contribution in [0.1, 0.15) is 17.0 Å². The van der Waals surface area contributed by atoms with Crippen molar-refractivity contribution in [3.8, 4) is 6.07 Å². The number of rotatable bonds is 4. The maximum absolute atomic E-state index is 13.0. The molecule has 25 heavy (non-hydrogen) atoms. The highest BCUT2D eigenvalue weighted by Gasteiger charge is 2.33. The summed E-state index contributed by atoms with van der Waals surface area (Å²) >= 11 is 0. The third-order valence-electron chi connectivity index (χ3n) is 3.96. The van der Waals surface area contributed by atoms with Crippen molar-refractivity contribution in [2.45, 2.75) is 19.6 Å². The predicted octanol–water partition coefficient (Wildman–Crippen LogP) is 4.35. The van der Waals surface area contributed by atoms with E-state index in [1.54, 1.807) is 6.07 Å². The van der Waals surface area contributed by atoms with Crippen molar-refractivity contribution in [1.82, 2.24) is 9.55 Å². The van der Waals surface area contributed by atoms with Gasteiger partial charge in [-0.2, -0.15) is 18.4 Å². The molecule has 3 aromatic rings. The van der Waals surface area contributed by atoms with Crippen LogP contribution in [0.2, 0.25) is 0 Å². The molecule has 3 rings (SSSR count). The van der Waals surface area contributed by atoms with E-state index in [4.69, 9.17) is 5.26 Å². The number of imidazole rings is 1. The van der Waals surface area contributed by atoms with Crippen LogP contribution in [0, 0.1) is 18.3 Å². The Balaban J connectivity index is 1.76. The van der Waals surface area contributed by atoms with Crippen LogP contribution in [0.25, 0.3) is 11.0 Å². The van der Waals surface area contributed by atoms with Crippen molar-refractivity contribution in [3.05, 3.63) is 59.4 Å². The van der Waals surface area contributed by atoms with E-state index in [1.165, 1.54) is 12.1 Å². The molecule has 0 bridgehead atoms. The average molecular weight is 344 g/mol. The Bertz CT molecular complexity index is 951. The predicted molar refractivity (Wildman–Crippen MR) is 89.1 cm³/mol. The van der Waals surface area contributed by atoms with Crippen LogP contribution in [0.3, 0.4) is 0 Å². The van der Waals surface area contributed by atoms with Gasteiger partial charge in [-0.05, 0) is 37.3 Å². The van der Waals surface area contributed by atoms with Gasteiger partial charge in [0.2, 0.25) is 0 Å². The lowest BCUT2D eigenvalue weighted by Crippen LogP contribution is -2.13. The summed E-state index contributed by atoms with van der Waals surface area (Å²) in [6.45, 7) is 2.89. The fourth-order valence-corrected chi connectivity index (χ4v) is 2.78. The number of nitrogens with zero attached hydrogens (tertiary/aromatic N) is 3. The van der Waals surface area contributed by atoms with Crippen LogP contribution in [0.4, 0.5) is 18.9 Å². The number of aryl methyl sites for hydroxylation is 1. The van der Waals surface area contributed by atoms with E-state index in [1.807, 2.05) is 35.8 Å². The van der Waals surface area contributed by atoms with Crippen LogP contribution in [-0.2, 0) is 12.7 Å². The minimum absolute atomic E-state index is 0.327. The second kappa shape index (κ2) is 6.48. The van der Waals surface area contributed by atoms with E-state index in [9.17, 15) is 13.2 Å². The first-order chi connectivity index (χ1) is 11.9. The molecule has 0 spiro atoms. The zero-order chi connectivity index (χ0) is 18.0. The monoisotopic (exact) mass is 344 g/mol. The molecule has 7 heteroatoms. The quantitative estimate of drug-likeness (QED) is 0.766. The van der Waals surface area contributed by atoms with Crippen LogP contribution >= 0.6 is 0 Å². The molecule has 0 saturated carbocycles. The Morgan fingerprint density at radius 2 is 1.96 bits per heavy atom. The second-order valence-corrected chi connectivity index (χ2v) is 5.60. The summed E-state index contributed by atoms with van der Waals surface area (Å²) in [5, 5.41) is 11.8. The second-order valence-electron chi connectivity index (χ2n) is 5.60. The summed E-state index contributed by atoms with van der Waals surface area (Å²) in [6.07, 6.45) is -4.56. The maximum Gasteiger partial charge on any atom is 0.417 e. The summed E-state index contributed by atoms with van der Waals surface area (Å²) in [5.74, 6) is 0.846. The number of fused-ring (bicyclic) bond motifs is 1. The van der Waals surface area contributed by atoms with Crippen molar-refractivity contribution in [1.29, 1.82) is 5.26 Å². The summed E-state index contributed by atoms with van der Waals surface area (Å²) in [6, 6.07) is 12.9. The Kier molecular flexibility index (Phi) is 4.36. The molecule has 0 atom stereocenters. The van der Waals surface area contributed by atoms with Crippen molar-refractivity contribution in [2.75, 3.05) is 11.9 Å². The molecule has 0 saturated heterocycles. The summed E-state index contributed by atoms with van der Waals surface area (Å²) in [5.41, 5.74) is 0.891. The minimum Gasteiger partial charge on any atom is -0.383 e. The number of nitrogens with one attached hydrogen (secondary N) is 1. The summed E-state index contributed by atoms with van der Waals surface area (Å²) in [4.78, 5) is 4.46. The fourth-order valence-electron chi connectivity index (χ4n) is 2.78. The molecule has 0 aliphatic carbocycles. The van der Waals surface area contributed by atoms with E-state index >= 15 is 0 Å². The van der Waals surface area contributed by atoms with E-state index < -0.39 is 11.7 Å². The van der Waals surface area contributed by atoms with Crippen LogP contribution in [0.5, 0.6) is 0 Å². The summed E-state index contributed by atoms with van der Waals surface area (Å²) in [7, 11) is 0. The highest BCUT2D eigenvalue weighted by Crippen LogP contribution is 2.33. The van der Waals surface area contributed by atoms with E-state index in [2.05, 4.69) is 10.3 Å². The number of nitriles is 1. The fraction of sp³-hybridized carbons (Fsp3) is 0.222. The Labute approximate surface area is 142 Å². The number of hydrogen-bond donors (Lipinski definition) is 1. The van der Waals surface area contributed by atoms with Crippen LogP contribution in [-0.4, -0.2) is 16.1 Å². The van der Waals surface area contributed by atoms with Gasteiger partial charge in [-0.3, -0.25) is 0 Å². The number of alkyl halides is 3. The molecule has 1 heterocycles. The van der Waals surface area contributed by atoms with Gasteiger partial charge < -0.3 is 9.88 Å². The molecule has 0 fully saturated rings. The van der Waals surface area contributed by atoms with Crippen LogP contribution < -0.4 is 5.32 Å². The van der Waals surface area contributed by atoms with Crippen molar-refractivity contribution < 1.29 is 13.2 Å². The lowest BCUT2D eigenvalue weighted by Gasteiger charge is -2.13. The Morgan fingerprint density at radius 3 is 2.68 bits per heavy atom. The van der Waals surface area contributed by atoms with Gasteiger partial charge in [-0.1, -0.05) is 12.1 Å². The van der Waals surface area contributed by atoms with Crippen molar-refractivity contribution >= 4 is 16.7 Å². The van der Waals surface area contributed by atoms with Crippen LogP contribution in [0.15, 0.2) is 42.5 Å². The normalized spacial score (nSPS) is 11.5. The van der Waals surface area contributed by atoms with Gasteiger partial charge in [0.05, 0.1) is 28.2 Å². The molecule has 0 amide bonds. The molecule has 0 unspecified atom stereocenters. The lowest BCUT2D eigenvalue weighted by atomic mass is 10.1. The average Bonchev–Trinajstić information content (AvgIpc) is 2.90. The number of anilines is 1. The van der Waals surface area contributed by atoms with Gasteiger partial charge in [-0.25, -0.2) is 4.98 Å². The van der Waals surface area contributed by atoms with Gasteiger partial charge in [0.1, 0.15) is 5.82 Å². The van der Waals surface area contributed by atoms with E-state index in [0.29, 0.717) is 18.8 Å². The zero-order valence-electron chi connectivity index (χ0n) is 13.4. The smallest absolute Gasteiger partial charge is 0.383 e. The minimum atomic E-state index is -4.56. The van der Waals surface area contributed by atoms with E-state index in [-0.39, 0.29) is 5.56 Å². The van der Waals surface area contributed by atoms with Crippen molar-refractivity contribution in [2.24, 2.45) is 0 Å². The van der Waals surface area contributed by atoms with Gasteiger partial charge in [0.15, 0.2) is 0 Å². The number of halogens is 3. The molecular formula is C18H15F3N4. The first-order valence-electron chi connectivity index (χ1n) is 7.67. The first-order valence-corrected chi connectivity index (χ1v) is 7.67. The Morgan fingerprint density at radius 1 is 1.20 bits per heavy atom. The highest BCUT2D eigenvalue weighted by molar-refractivity contribution is 5.75. The highest BCUT2D eigenvalue weighted by atomic mass is 19.4. The Hall–Kier alpha value is -3.01. The molecule has 1 N–H and O–H groups in total. The molecule has 0 aliphatic heterocycles. The molecule has 0 radical (unpaired) electrons. The van der Waals surface area contributed by atoms with Gasteiger partial charge in [-0.15, -0.1) is 0 Å². The summed E-state index contributed by atoms with van der Waals surface area (Å²) < 4.78 is 41.0. The molecule has 0 aliphatic rings. The third kappa shape index (κ3) is 3.43. The maximum atomic E-state index is 13.0. The van der Waals surface area contributed by atoms with Crippen molar-refractivity contribution in [3.63, 3.8) is 0 Å². The number of para-hydroxylation sites is 2. The van der Waals surface area contributed by atoms with Gasteiger partial charge >= 0.3 is 6.18 Å². The molecule has 128 valence electrons. The standard InChI is InChI=1S/C18H15F3N4/c1-12-24-16-4-2-3-5-17(16)25(12)9-8-23-14-7-6-13(11-22)15(10-14)18(19,20)21/h2-7,10,23H,8-9H2,1H3. The SMILES string of the molecule is Cc1nc2ccccc2n1CCNc1ccc(C#N)c(C(F)(F)F)c1. The lowest BCUT2D eigenvalue weighted by molar-refractivity contribution is -0.137. The molecule has 4 nitrogen and oxygen atoms in total. The number of hydrogen-bond acceptors (Lipinski definition) is 3. The van der Waals surface area contributed by atoms with E-state index in [0.717, 1.165) is 22.9 Å².